The second-order valence-electron chi connectivity index (χ2n) is 8.00. The Hall–Kier alpha value is -2.44. The van der Waals surface area contributed by atoms with Crippen LogP contribution in [0.15, 0.2) is 73.1 Å². The van der Waals surface area contributed by atoms with Crippen LogP contribution >= 0.6 is 23.5 Å². The van der Waals surface area contributed by atoms with Gasteiger partial charge in [0, 0.05) is 47.8 Å². The quantitative estimate of drug-likeness (QED) is 0.171. The van der Waals surface area contributed by atoms with Crippen molar-refractivity contribution in [1.29, 1.82) is 0 Å². The summed E-state index contributed by atoms with van der Waals surface area (Å²) in [5.41, 5.74) is 3.51. The summed E-state index contributed by atoms with van der Waals surface area (Å²) < 4.78 is 0. The van der Waals surface area contributed by atoms with E-state index in [2.05, 4.69) is 9.97 Å². The third-order valence-corrected chi connectivity index (χ3v) is 7.49. The number of Topliss-reactive ketones (excluding diaryl/α,β-unsaturated/α-hetero) is 2. The molecule has 0 aliphatic rings. The number of hydrogen-bond acceptors (Lipinski definition) is 6. The molecule has 4 nitrogen and oxygen atoms in total. The summed E-state index contributed by atoms with van der Waals surface area (Å²) in [5.74, 6) is 4.16. The van der Waals surface area contributed by atoms with Crippen LogP contribution < -0.4 is 0 Å². The van der Waals surface area contributed by atoms with Crippen molar-refractivity contribution in [3.05, 3.63) is 95.6 Å². The number of aromatic nitrogens is 2. The van der Waals surface area contributed by atoms with Gasteiger partial charge in [0.25, 0.3) is 0 Å². The molecule has 0 fully saturated rings. The molecular formula is C28H32N2O2S2. The Morgan fingerprint density at radius 3 is 1.56 bits per heavy atom. The average molecular weight is 493 g/mol. The molecule has 0 atom stereocenters. The van der Waals surface area contributed by atoms with Crippen LogP contribution in [0.4, 0.5) is 0 Å². The smallest absolute Gasteiger partial charge is 0.162 e. The predicted molar refractivity (Wildman–Crippen MR) is 144 cm³/mol. The minimum atomic E-state index is 0.116. The van der Waals surface area contributed by atoms with Gasteiger partial charge in [0.1, 0.15) is 0 Å². The van der Waals surface area contributed by atoms with Gasteiger partial charge in [-0.25, -0.2) is 0 Å². The van der Waals surface area contributed by atoms with Gasteiger partial charge in [-0.05, 0) is 79.0 Å². The van der Waals surface area contributed by atoms with Gasteiger partial charge in [0.2, 0.25) is 0 Å². The highest BCUT2D eigenvalue weighted by molar-refractivity contribution is 7.99. The van der Waals surface area contributed by atoms with E-state index in [4.69, 9.17) is 0 Å². The minimum absolute atomic E-state index is 0.116. The molecule has 0 aliphatic carbocycles. The number of ketones is 2. The van der Waals surface area contributed by atoms with Gasteiger partial charge in [-0.2, -0.15) is 23.5 Å². The molecule has 0 N–H and O–H groups in total. The van der Waals surface area contributed by atoms with Crippen molar-refractivity contribution in [3.8, 4) is 0 Å². The number of aryl methyl sites for hydroxylation is 2. The third-order valence-electron chi connectivity index (χ3n) is 5.35. The van der Waals surface area contributed by atoms with Crippen molar-refractivity contribution in [1.82, 2.24) is 9.97 Å². The summed E-state index contributed by atoms with van der Waals surface area (Å²) in [6, 6.07) is 19.2. The van der Waals surface area contributed by atoms with E-state index in [0.29, 0.717) is 24.0 Å². The molecule has 0 spiro atoms. The highest BCUT2D eigenvalue weighted by Crippen LogP contribution is 2.15. The Balaban J connectivity index is 1.29. The number of pyridine rings is 2. The number of thioether (sulfide) groups is 2. The fourth-order valence-corrected chi connectivity index (χ4v) is 5.29. The summed E-state index contributed by atoms with van der Waals surface area (Å²) in [6.45, 7) is 0. The van der Waals surface area contributed by atoms with Gasteiger partial charge >= 0.3 is 0 Å². The summed E-state index contributed by atoms with van der Waals surface area (Å²) >= 11 is 3.71. The lowest BCUT2D eigenvalue weighted by atomic mass is 10.0. The van der Waals surface area contributed by atoms with Gasteiger partial charge in [-0.15, -0.1) is 0 Å². The third kappa shape index (κ3) is 9.82. The zero-order chi connectivity index (χ0) is 23.8. The molecule has 3 aromatic rings. The predicted octanol–water partition coefficient (Wildman–Crippen LogP) is 6.35. The van der Waals surface area contributed by atoms with Crippen LogP contribution in [0.25, 0.3) is 0 Å². The molecule has 34 heavy (non-hydrogen) atoms. The molecule has 0 radical (unpaired) electrons. The van der Waals surface area contributed by atoms with Crippen molar-refractivity contribution in [2.75, 3.05) is 23.0 Å². The first-order valence-corrected chi connectivity index (χ1v) is 14.1. The Kier molecular flexibility index (Phi) is 11.9. The van der Waals surface area contributed by atoms with Crippen molar-refractivity contribution >= 4 is 35.1 Å². The number of benzene rings is 1. The van der Waals surface area contributed by atoms with Crippen LogP contribution in [0.2, 0.25) is 0 Å². The molecule has 0 unspecified atom stereocenters. The molecule has 0 bridgehead atoms. The highest BCUT2D eigenvalue weighted by Gasteiger charge is 2.11. The second-order valence-corrected chi connectivity index (χ2v) is 10.5. The van der Waals surface area contributed by atoms with E-state index in [-0.39, 0.29) is 11.6 Å². The van der Waals surface area contributed by atoms with Crippen LogP contribution in [-0.2, 0) is 12.8 Å². The summed E-state index contributed by atoms with van der Waals surface area (Å²) in [5, 5.41) is 0. The first-order chi connectivity index (χ1) is 16.7. The molecule has 3 rings (SSSR count). The van der Waals surface area contributed by atoms with Gasteiger partial charge < -0.3 is 0 Å². The van der Waals surface area contributed by atoms with E-state index < -0.39 is 0 Å². The Morgan fingerprint density at radius 1 is 0.618 bits per heavy atom. The summed E-state index contributed by atoms with van der Waals surface area (Å²) in [7, 11) is 0. The number of nitrogens with zero attached hydrogens (tertiary/aromatic N) is 2. The molecule has 1 aromatic carbocycles. The number of hydrogen-bond donors (Lipinski definition) is 0. The number of carbonyl (C=O) groups excluding carboxylic acids is 2. The van der Waals surface area contributed by atoms with E-state index in [9.17, 15) is 9.59 Å². The van der Waals surface area contributed by atoms with E-state index in [1.54, 1.807) is 6.07 Å². The molecular weight excluding hydrogens is 460 g/mol. The maximum atomic E-state index is 12.6. The van der Waals surface area contributed by atoms with Crippen molar-refractivity contribution < 1.29 is 9.59 Å². The van der Waals surface area contributed by atoms with Crippen molar-refractivity contribution in [3.63, 3.8) is 0 Å². The lowest BCUT2D eigenvalue weighted by Gasteiger charge is -2.06. The number of carbonyl (C=O) groups is 2. The SMILES string of the molecule is O=C(CCCSCCc1ccccn1)c1cccc(C(=O)CCCSCCc2ccccn2)c1. The van der Waals surface area contributed by atoms with Crippen LogP contribution in [0.3, 0.4) is 0 Å². The first-order valence-electron chi connectivity index (χ1n) is 11.8. The normalized spacial score (nSPS) is 10.8. The second kappa shape index (κ2) is 15.5. The molecule has 6 heteroatoms. The zero-order valence-corrected chi connectivity index (χ0v) is 21.2. The van der Waals surface area contributed by atoms with Gasteiger partial charge in [0.15, 0.2) is 11.6 Å². The van der Waals surface area contributed by atoms with E-state index in [1.807, 2.05) is 90.5 Å². The zero-order valence-electron chi connectivity index (χ0n) is 19.5. The Labute approximate surface area is 211 Å². The summed E-state index contributed by atoms with van der Waals surface area (Å²) in [6.07, 6.45) is 8.27. The van der Waals surface area contributed by atoms with Crippen LogP contribution in [0.5, 0.6) is 0 Å². The van der Waals surface area contributed by atoms with Crippen LogP contribution in [0.1, 0.15) is 57.8 Å². The lowest BCUT2D eigenvalue weighted by Crippen LogP contribution is -2.05. The molecule has 2 heterocycles. The highest BCUT2D eigenvalue weighted by atomic mass is 32.2. The maximum absolute atomic E-state index is 12.6. The lowest BCUT2D eigenvalue weighted by molar-refractivity contribution is 0.0981. The molecule has 0 amide bonds. The van der Waals surface area contributed by atoms with Gasteiger partial charge in [-0.3, -0.25) is 19.6 Å². The average Bonchev–Trinajstić information content (AvgIpc) is 2.89. The topological polar surface area (TPSA) is 59.9 Å². The standard InChI is InChI=1S/C28H32N2O2S2/c31-27(12-6-18-33-20-14-25-10-1-3-16-29-25)23-8-5-9-24(22-23)28(32)13-7-19-34-21-15-26-11-2-4-17-30-26/h1-5,8-11,16-17,22H,6-7,12-15,18-21H2. The monoisotopic (exact) mass is 492 g/mol. The fourth-order valence-electron chi connectivity index (χ4n) is 3.47. The Bertz CT molecular complexity index is 934. The Morgan fingerprint density at radius 2 is 1.12 bits per heavy atom. The fraction of sp³-hybridized carbons (Fsp3) is 0.357. The molecule has 0 saturated carbocycles. The molecule has 178 valence electrons. The van der Waals surface area contributed by atoms with E-state index in [1.165, 1.54) is 0 Å². The molecule has 0 saturated heterocycles. The molecule has 2 aromatic heterocycles. The van der Waals surface area contributed by atoms with Crippen LogP contribution in [0, 0.1) is 0 Å². The van der Waals surface area contributed by atoms with E-state index in [0.717, 1.165) is 60.1 Å². The van der Waals surface area contributed by atoms with Gasteiger partial charge in [-0.1, -0.05) is 30.3 Å². The van der Waals surface area contributed by atoms with Gasteiger partial charge in [0.05, 0.1) is 0 Å². The summed E-state index contributed by atoms with van der Waals surface area (Å²) in [4.78, 5) is 33.8. The first kappa shape index (κ1) is 26.2. The number of rotatable bonds is 16. The van der Waals surface area contributed by atoms with E-state index >= 15 is 0 Å². The molecule has 0 aliphatic heterocycles. The van der Waals surface area contributed by atoms with Crippen molar-refractivity contribution in [2.45, 2.75) is 38.5 Å². The minimum Gasteiger partial charge on any atom is -0.294 e. The largest absolute Gasteiger partial charge is 0.294 e. The van der Waals surface area contributed by atoms with Crippen molar-refractivity contribution in [2.24, 2.45) is 0 Å². The van der Waals surface area contributed by atoms with Crippen LogP contribution in [-0.4, -0.2) is 44.5 Å². The maximum Gasteiger partial charge on any atom is 0.162 e.